The van der Waals surface area contributed by atoms with Crippen LogP contribution in [0.2, 0.25) is 0 Å². The van der Waals surface area contributed by atoms with Crippen LogP contribution in [0.25, 0.3) is 21.3 Å². The molecule has 0 radical (unpaired) electrons. The van der Waals surface area contributed by atoms with E-state index in [1.54, 1.807) is 11.6 Å². The highest BCUT2D eigenvalue weighted by atomic mass is 32.1. The number of rotatable bonds is 7. The van der Waals surface area contributed by atoms with Gasteiger partial charge in [-0.2, -0.15) is 0 Å². The molecule has 0 aliphatic rings. The Kier molecular flexibility index (Phi) is 6.04. The van der Waals surface area contributed by atoms with Crippen molar-refractivity contribution in [1.29, 1.82) is 0 Å². The normalized spacial score (nSPS) is 11.2. The van der Waals surface area contributed by atoms with Gasteiger partial charge in [0.15, 0.2) is 0 Å². The molecule has 3 aromatic carbocycles. The summed E-state index contributed by atoms with van der Waals surface area (Å²) in [7, 11) is 0. The van der Waals surface area contributed by atoms with Gasteiger partial charge < -0.3 is 20.5 Å². The van der Waals surface area contributed by atoms with Crippen molar-refractivity contribution in [2.24, 2.45) is 0 Å². The molecule has 2 aromatic heterocycles. The molecule has 0 atom stereocenters. The molecule has 0 saturated carbocycles. The molecule has 0 aliphatic carbocycles. The van der Waals surface area contributed by atoms with Crippen molar-refractivity contribution in [2.75, 3.05) is 28.6 Å². The van der Waals surface area contributed by atoms with Gasteiger partial charge in [-0.05, 0) is 56.3 Å². The number of anilines is 4. The van der Waals surface area contributed by atoms with Crippen LogP contribution in [0, 0.1) is 11.6 Å². The molecule has 0 unspecified atom stereocenters. The second kappa shape index (κ2) is 9.30. The smallest absolute Gasteiger partial charge is 0.257 e. The number of nitrogens with zero attached hydrogens (tertiary/aromatic N) is 3. The quantitative estimate of drug-likeness (QED) is 0.249. The average molecular weight is 493 g/mol. The topological polar surface area (TPSA) is 85.9 Å². The number of thiazole rings is 1. The van der Waals surface area contributed by atoms with E-state index in [4.69, 9.17) is 0 Å². The number of aromatic nitrogens is 3. The van der Waals surface area contributed by atoms with Gasteiger partial charge in [0.05, 0.1) is 38.0 Å². The van der Waals surface area contributed by atoms with Crippen LogP contribution in [0.15, 0.2) is 54.0 Å². The van der Waals surface area contributed by atoms with Crippen molar-refractivity contribution < 1.29 is 13.6 Å². The summed E-state index contributed by atoms with van der Waals surface area (Å²) < 4.78 is 28.1. The first-order chi connectivity index (χ1) is 16.9. The van der Waals surface area contributed by atoms with Crippen LogP contribution < -0.4 is 15.5 Å². The van der Waals surface area contributed by atoms with Gasteiger partial charge in [0.2, 0.25) is 5.95 Å². The van der Waals surface area contributed by atoms with E-state index in [1.807, 2.05) is 38.1 Å². The molecule has 2 heterocycles. The van der Waals surface area contributed by atoms with Crippen molar-refractivity contribution in [3.8, 4) is 0 Å². The number of aromatic amines is 1. The number of benzene rings is 3. The molecule has 5 aromatic rings. The summed E-state index contributed by atoms with van der Waals surface area (Å²) in [4.78, 5) is 27.3. The lowest BCUT2D eigenvalue weighted by Crippen LogP contribution is -2.25. The third-order valence-electron chi connectivity index (χ3n) is 5.66. The maximum Gasteiger partial charge on any atom is 0.257 e. The maximum absolute atomic E-state index is 13.6. The lowest BCUT2D eigenvalue weighted by Gasteiger charge is -2.23. The number of amides is 1. The summed E-state index contributed by atoms with van der Waals surface area (Å²) in [6.07, 6.45) is 0. The summed E-state index contributed by atoms with van der Waals surface area (Å²) in [5.74, 6) is -1.33. The van der Waals surface area contributed by atoms with E-state index in [9.17, 15) is 13.6 Å². The van der Waals surface area contributed by atoms with Crippen molar-refractivity contribution in [1.82, 2.24) is 15.0 Å². The maximum atomic E-state index is 13.6. The fraction of sp³-hybridized carbons (Fsp3) is 0.160. The zero-order valence-electron chi connectivity index (χ0n) is 19.0. The van der Waals surface area contributed by atoms with E-state index in [-0.39, 0.29) is 11.6 Å². The highest BCUT2D eigenvalue weighted by Gasteiger charge is 2.19. The Morgan fingerprint density at radius 3 is 2.51 bits per heavy atom. The van der Waals surface area contributed by atoms with Gasteiger partial charge >= 0.3 is 0 Å². The lowest BCUT2D eigenvalue weighted by molar-refractivity contribution is 0.102. The van der Waals surface area contributed by atoms with E-state index in [0.29, 0.717) is 41.3 Å². The third kappa shape index (κ3) is 4.65. The highest BCUT2D eigenvalue weighted by molar-refractivity contribution is 7.16. The Hall–Kier alpha value is -4.05. The van der Waals surface area contributed by atoms with Crippen LogP contribution in [-0.2, 0) is 0 Å². The SMILES string of the molecule is CCN(CC)c1cc2nc(Nc3cc(F)cc(F)c3)[nH]c2cc1C(=O)Nc1ccc2ncsc2c1. The zero-order chi connectivity index (χ0) is 24.5. The first-order valence-corrected chi connectivity index (χ1v) is 12.0. The van der Waals surface area contributed by atoms with Gasteiger partial charge in [0.25, 0.3) is 5.91 Å². The second-order valence-electron chi connectivity index (χ2n) is 7.92. The number of hydrogen-bond acceptors (Lipinski definition) is 6. The molecule has 10 heteroatoms. The van der Waals surface area contributed by atoms with Crippen molar-refractivity contribution in [3.63, 3.8) is 0 Å². The summed E-state index contributed by atoms with van der Waals surface area (Å²) in [6, 6.07) is 12.3. The molecule has 178 valence electrons. The van der Waals surface area contributed by atoms with E-state index in [1.165, 1.54) is 23.5 Å². The van der Waals surface area contributed by atoms with Gasteiger partial charge in [-0.25, -0.2) is 18.7 Å². The Bertz CT molecular complexity index is 1520. The van der Waals surface area contributed by atoms with E-state index < -0.39 is 11.6 Å². The summed E-state index contributed by atoms with van der Waals surface area (Å²) in [6.45, 7) is 5.44. The Morgan fingerprint density at radius 2 is 1.77 bits per heavy atom. The van der Waals surface area contributed by atoms with Crippen LogP contribution in [0.1, 0.15) is 24.2 Å². The van der Waals surface area contributed by atoms with Crippen LogP contribution in [0.5, 0.6) is 0 Å². The van der Waals surface area contributed by atoms with Crippen molar-refractivity contribution in [2.45, 2.75) is 13.8 Å². The van der Waals surface area contributed by atoms with Crippen molar-refractivity contribution >= 4 is 61.5 Å². The van der Waals surface area contributed by atoms with Gasteiger partial charge in [-0.1, -0.05) is 0 Å². The van der Waals surface area contributed by atoms with Crippen LogP contribution >= 0.6 is 11.3 Å². The number of imidazole rings is 1. The number of hydrogen-bond donors (Lipinski definition) is 3. The van der Waals surface area contributed by atoms with Crippen LogP contribution in [-0.4, -0.2) is 33.9 Å². The fourth-order valence-corrected chi connectivity index (χ4v) is 4.72. The number of fused-ring (bicyclic) bond motifs is 2. The fourth-order valence-electron chi connectivity index (χ4n) is 4.01. The molecule has 5 rings (SSSR count). The second-order valence-corrected chi connectivity index (χ2v) is 8.80. The lowest BCUT2D eigenvalue weighted by atomic mass is 10.1. The Labute approximate surface area is 203 Å². The van der Waals surface area contributed by atoms with Gasteiger partial charge in [-0.3, -0.25) is 4.79 Å². The number of nitrogens with one attached hydrogen (secondary N) is 3. The minimum Gasteiger partial charge on any atom is -0.371 e. The molecule has 1 amide bonds. The molecule has 3 N–H and O–H groups in total. The Morgan fingerprint density at radius 1 is 1.00 bits per heavy atom. The molecule has 0 bridgehead atoms. The van der Waals surface area contributed by atoms with Crippen LogP contribution in [0.4, 0.5) is 31.8 Å². The van der Waals surface area contributed by atoms with Crippen molar-refractivity contribution in [3.05, 3.63) is 71.2 Å². The predicted molar refractivity (Wildman–Crippen MR) is 137 cm³/mol. The van der Waals surface area contributed by atoms with Crippen LogP contribution in [0.3, 0.4) is 0 Å². The molecule has 0 saturated heterocycles. The summed E-state index contributed by atoms with van der Waals surface area (Å²) in [5, 5.41) is 5.88. The number of halogens is 2. The van der Waals surface area contributed by atoms with Gasteiger partial charge in [-0.15, -0.1) is 11.3 Å². The number of carbonyl (C=O) groups excluding carboxylic acids is 1. The molecular formula is C25H22F2N6OS. The van der Waals surface area contributed by atoms with E-state index >= 15 is 0 Å². The molecular weight excluding hydrogens is 470 g/mol. The first kappa shape index (κ1) is 22.7. The van der Waals surface area contributed by atoms with E-state index in [2.05, 4.69) is 30.5 Å². The molecule has 0 fully saturated rings. The first-order valence-electron chi connectivity index (χ1n) is 11.1. The summed E-state index contributed by atoms with van der Waals surface area (Å²) in [5.41, 5.74) is 6.02. The van der Waals surface area contributed by atoms with E-state index in [0.717, 1.165) is 22.0 Å². The molecule has 35 heavy (non-hydrogen) atoms. The highest BCUT2D eigenvalue weighted by Crippen LogP contribution is 2.30. The van der Waals surface area contributed by atoms with Gasteiger partial charge in [0.1, 0.15) is 11.6 Å². The molecule has 0 spiro atoms. The summed E-state index contributed by atoms with van der Waals surface area (Å²) >= 11 is 1.51. The largest absolute Gasteiger partial charge is 0.371 e. The standard InChI is InChI=1S/C25H22F2N6OS/c1-3-33(4-2)22-12-21-20(31-25(32-21)30-17-8-14(26)7-15(27)9-17)11-18(22)24(34)29-16-5-6-19-23(10-16)35-13-28-19/h5-13H,3-4H2,1-2H3,(H,29,34)(H2,30,31,32). The molecule has 7 nitrogen and oxygen atoms in total. The average Bonchev–Trinajstić information content (AvgIpc) is 3.44. The minimum absolute atomic E-state index is 0.224. The number of H-pyrrole nitrogens is 1. The van der Waals surface area contributed by atoms with Gasteiger partial charge in [0, 0.05) is 30.5 Å². The number of carbonyl (C=O) groups is 1. The monoisotopic (exact) mass is 492 g/mol. The Balaban J connectivity index is 1.51. The third-order valence-corrected chi connectivity index (χ3v) is 6.45. The predicted octanol–water partition coefficient (Wildman–Crippen LogP) is 6.29. The minimum atomic E-state index is -0.692. The molecule has 0 aliphatic heterocycles. The zero-order valence-corrected chi connectivity index (χ0v) is 19.8.